The Morgan fingerprint density at radius 2 is 2.10 bits per heavy atom. The van der Waals surface area contributed by atoms with E-state index in [4.69, 9.17) is 4.74 Å². The molecule has 0 bridgehead atoms. The van der Waals surface area contributed by atoms with E-state index in [9.17, 15) is 19.7 Å². The first-order chi connectivity index (χ1) is 10.0. The van der Waals surface area contributed by atoms with Gasteiger partial charge in [0.1, 0.15) is 6.54 Å². The number of non-ortho nitro benzene ring substituents is 1. The van der Waals surface area contributed by atoms with Crippen LogP contribution in [0.15, 0.2) is 35.1 Å². The molecule has 0 saturated carbocycles. The zero-order valence-electron chi connectivity index (χ0n) is 11.4. The summed E-state index contributed by atoms with van der Waals surface area (Å²) >= 11 is 0. The van der Waals surface area contributed by atoms with Crippen LogP contribution in [0.4, 0.5) is 5.69 Å². The topological polar surface area (TPSA) is 91.4 Å². The molecule has 1 heterocycles. The van der Waals surface area contributed by atoms with Gasteiger partial charge in [-0.3, -0.25) is 24.3 Å². The lowest BCUT2D eigenvalue weighted by atomic mass is 10.2. The van der Waals surface area contributed by atoms with E-state index in [2.05, 4.69) is 0 Å². The number of esters is 1. The highest BCUT2D eigenvalue weighted by Gasteiger charge is 2.12. The summed E-state index contributed by atoms with van der Waals surface area (Å²) in [5, 5.41) is 11.3. The molecule has 1 aromatic heterocycles. The van der Waals surface area contributed by atoms with E-state index in [1.807, 2.05) is 6.92 Å². The van der Waals surface area contributed by atoms with Crippen LogP contribution in [-0.2, 0) is 16.1 Å². The van der Waals surface area contributed by atoms with E-state index >= 15 is 0 Å². The fourth-order valence-electron chi connectivity index (χ4n) is 1.96. The van der Waals surface area contributed by atoms with Crippen molar-refractivity contribution in [3.63, 3.8) is 0 Å². The van der Waals surface area contributed by atoms with Crippen LogP contribution < -0.4 is 5.56 Å². The molecule has 0 fully saturated rings. The highest BCUT2D eigenvalue weighted by Crippen LogP contribution is 2.19. The molecule has 0 saturated heterocycles. The largest absolute Gasteiger partial charge is 0.464 e. The number of hydrogen-bond donors (Lipinski definition) is 0. The number of pyridine rings is 1. The van der Waals surface area contributed by atoms with Crippen molar-refractivity contribution in [3.8, 4) is 0 Å². The highest BCUT2D eigenvalue weighted by atomic mass is 16.6. The summed E-state index contributed by atoms with van der Waals surface area (Å²) in [6.45, 7) is 1.95. The Kier molecular flexibility index (Phi) is 4.32. The molecular weight excluding hydrogens is 276 g/mol. The average Bonchev–Trinajstić information content (AvgIpc) is 2.47. The van der Waals surface area contributed by atoms with Crippen molar-refractivity contribution in [2.45, 2.75) is 19.9 Å². The predicted octanol–water partition coefficient (Wildman–Crippen LogP) is 1.86. The number of carbonyl (C=O) groups excluding carboxylic acids is 1. The third-order valence-electron chi connectivity index (χ3n) is 2.94. The Hall–Kier alpha value is -2.70. The van der Waals surface area contributed by atoms with Gasteiger partial charge in [-0.05, 0) is 18.6 Å². The summed E-state index contributed by atoms with van der Waals surface area (Å²) in [6, 6.07) is 6.90. The SMILES string of the molecule is CCCOC(=O)Cn1c(=O)ccc2cc([N+](=O)[O-])ccc21. The number of nitro benzene ring substituents is 1. The maximum Gasteiger partial charge on any atom is 0.326 e. The van der Waals surface area contributed by atoms with Crippen molar-refractivity contribution < 1.29 is 14.5 Å². The van der Waals surface area contributed by atoms with Gasteiger partial charge in [0.25, 0.3) is 11.2 Å². The smallest absolute Gasteiger partial charge is 0.326 e. The molecule has 1 aromatic carbocycles. The van der Waals surface area contributed by atoms with Crippen molar-refractivity contribution in [2.24, 2.45) is 0 Å². The van der Waals surface area contributed by atoms with Crippen LogP contribution in [0.3, 0.4) is 0 Å². The van der Waals surface area contributed by atoms with Gasteiger partial charge in [0, 0.05) is 23.6 Å². The minimum Gasteiger partial charge on any atom is -0.464 e. The van der Waals surface area contributed by atoms with Gasteiger partial charge < -0.3 is 4.74 Å². The third kappa shape index (κ3) is 3.25. The van der Waals surface area contributed by atoms with Gasteiger partial charge >= 0.3 is 5.97 Å². The molecule has 2 rings (SSSR count). The second kappa shape index (κ2) is 6.17. The number of carbonyl (C=O) groups is 1. The number of fused-ring (bicyclic) bond motifs is 1. The standard InChI is InChI=1S/C14H14N2O5/c1-2-7-21-14(18)9-15-12-5-4-11(16(19)20)8-10(12)3-6-13(15)17/h3-6,8H,2,7,9H2,1H3. The Balaban J connectivity index is 2.42. The van der Waals surface area contributed by atoms with Gasteiger partial charge in [0.05, 0.1) is 17.0 Å². The van der Waals surface area contributed by atoms with Crippen molar-refractivity contribution in [3.05, 3.63) is 50.8 Å². The lowest BCUT2D eigenvalue weighted by Crippen LogP contribution is -2.25. The summed E-state index contributed by atoms with van der Waals surface area (Å²) < 4.78 is 6.20. The summed E-state index contributed by atoms with van der Waals surface area (Å²) in [5.74, 6) is -0.509. The van der Waals surface area contributed by atoms with Crippen molar-refractivity contribution in [1.82, 2.24) is 4.57 Å². The number of nitro groups is 1. The number of hydrogen-bond acceptors (Lipinski definition) is 5. The molecule has 0 unspecified atom stereocenters. The second-order valence-corrected chi connectivity index (χ2v) is 4.48. The Morgan fingerprint density at radius 1 is 1.33 bits per heavy atom. The first-order valence-electron chi connectivity index (χ1n) is 6.46. The van der Waals surface area contributed by atoms with Gasteiger partial charge in [0.15, 0.2) is 0 Å². The molecule has 110 valence electrons. The summed E-state index contributed by atoms with van der Waals surface area (Å²) in [6.07, 6.45) is 0.697. The first-order valence-corrected chi connectivity index (χ1v) is 6.46. The van der Waals surface area contributed by atoms with E-state index in [0.29, 0.717) is 23.9 Å². The number of rotatable bonds is 5. The van der Waals surface area contributed by atoms with Crippen molar-refractivity contribution in [1.29, 1.82) is 0 Å². The van der Waals surface area contributed by atoms with E-state index < -0.39 is 10.9 Å². The summed E-state index contributed by atoms with van der Waals surface area (Å²) in [4.78, 5) is 33.8. The lowest BCUT2D eigenvalue weighted by Gasteiger charge is -2.09. The first kappa shape index (κ1) is 14.7. The minimum absolute atomic E-state index is 0.0683. The monoisotopic (exact) mass is 290 g/mol. The molecule has 0 aliphatic carbocycles. The zero-order chi connectivity index (χ0) is 15.4. The van der Waals surface area contributed by atoms with Crippen LogP contribution in [0.2, 0.25) is 0 Å². The molecule has 0 spiro atoms. The maximum absolute atomic E-state index is 11.9. The van der Waals surface area contributed by atoms with Crippen molar-refractivity contribution in [2.75, 3.05) is 6.61 Å². The van der Waals surface area contributed by atoms with Crippen LogP contribution >= 0.6 is 0 Å². The van der Waals surface area contributed by atoms with Gasteiger partial charge in [-0.15, -0.1) is 0 Å². The normalized spacial score (nSPS) is 10.5. The highest BCUT2D eigenvalue weighted by molar-refractivity contribution is 5.82. The van der Waals surface area contributed by atoms with E-state index in [1.165, 1.54) is 34.9 Å². The minimum atomic E-state index is -0.510. The predicted molar refractivity (Wildman–Crippen MR) is 76.1 cm³/mol. The Labute approximate surface area is 119 Å². The average molecular weight is 290 g/mol. The summed E-state index contributed by atoms with van der Waals surface area (Å²) in [7, 11) is 0. The van der Waals surface area contributed by atoms with Crippen LogP contribution in [-0.4, -0.2) is 22.1 Å². The van der Waals surface area contributed by atoms with Crippen LogP contribution in [0.1, 0.15) is 13.3 Å². The number of ether oxygens (including phenoxy) is 1. The van der Waals surface area contributed by atoms with Gasteiger partial charge in [0.2, 0.25) is 0 Å². The molecule has 0 radical (unpaired) electrons. The molecule has 0 aliphatic rings. The molecule has 0 N–H and O–H groups in total. The second-order valence-electron chi connectivity index (χ2n) is 4.48. The molecule has 21 heavy (non-hydrogen) atoms. The number of nitrogens with zero attached hydrogens (tertiary/aromatic N) is 2. The van der Waals surface area contributed by atoms with Gasteiger partial charge in [-0.1, -0.05) is 6.92 Å². The molecule has 7 nitrogen and oxygen atoms in total. The summed E-state index contributed by atoms with van der Waals surface area (Å²) in [5.41, 5.74) is 0.0348. The van der Waals surface area contributed by atoms with Gasteiger partial charge in [-0.25, -0.2) is 0 Å². The molecule has 0 atom stereocenters. The maximum atomic E-state index is 11.9. The zero-order valence-corrected chi connectivity index (χ0v) is 11.4. The third-order valence-corrected chi connectivity index (χ3v) is 2.94. The van der Waals surface area contributed by atoms with Crippen molar-refractivity contribution >= 4 is 22.6 Å². The fourth-order valence-corrected chi connectivity index (χ4v) is 1.96. The molecule has 2 aromatic rings. The Bertz CT molecular complexity index is 751. The van der Waals surface area contributed by atoms with E-state index in [1.54, 1.807) is 0 Å². The van der Waals surface area contributed by atoms with Gasteiger partial charge in [-0.2, -0.15) is 0 Å². The quantitative estimate of drug-likeness (QED) is 0.476. The molecular formula is C14H14N2O5. The number of benzene rings is 1. The van der Waals surface area contributed by atoms with E-state index in [0.717, 1.165) is 0 Å². The van der Waals surface area contributed by atoms with Crippen LogP contribution in [0.25, 0.3) is 10.9 Å². The molecule has 7 heteroatoms. The molecule has 0 aliphatic heterocycles. The van der Waals surface area contributed by atoms with E-state index in [-0.39, 0.29) is 17.8 Å². The van der Waals surface area contributed by atoms with Crippen LogP contribution in [0.5, 0.6) is 0 Å². The Morgan fingerprint density at radius 3 is 2.76 bits per heavy atom. The molecule has 0 amide bonds. The van der Waals surface area contributed by atoms with Crippen LogP contribution in [0, 0.1) is 10.1 Å². The lowest BCUT2D eigenvalue weighted by molar-refractivity contribution is -0.384. The number of aromatic nitrogens is 1. The fraction of sp³-hybridized carbons (Fsp3) is 0.286.